The Balaban J connectivity index is 0.00000400. The van der Waals surface area contributed by atoms with Crippen LogP contribution in [0, 0.1) is 13.8 Å². The van der Waals surface area contributed by atoms with Crippen molar-refractivity contribution < 1.29 is 9.59 Å². The van der Waals surface area contributed by atoms with Crippen LogP contribution in [0.15, 0.2) is 18.2 Å². The van der Waals surface area contributed by atoms with E-state index in [1.54, 1.807) is 0 Å². The molecule has 0 atom stereocenters. The minimum Gasteiger partial charge on any atom is -0.354 e. The van der Waals surface area contributed by atoms with Crippen molar-refractivity contribution in [3.63, 3.8) is 0 Å². The molecule has 0 unspecified atom stereocenters. The van der Waals surface area contributed by atoms with Gasteiger partial charge in [-0.05, 0) is 39.3 Å². The number of nitrogens with two attached hydrogens (primary N) is 1. The number of carbonyl (C=O) groups is 2. The lowest BCUT2D eigenvalue weighted by Gasteiger charge is -2.18. The molecule has 1 aromatic rings. The van der Waals surface area contributed by atoms with Gasteiger partial charge in [0, 0.05) is 30.5 Å². The molecule has 1 amide bonds. The minimum absolute atomic E-state index is 0. The second kappa shape index (κ2) is 8.15. The molecule has 0 aliphatic heterocycles. The Bertz CT molecular complexity index is 507. The van der Waals surface area contributed by atoms with Gasteiger partial charge in [-0.15, -0.1) is 12.4 Å². The first kappa shape index (κ1) is 19.6. The molecule has 0 saturated heterocycles. The highest BCUT2D eigenvalue weighted by Crippen LogP contribution is 2.13. The average molecular weight is 313 g/mol. The van der Waals surface area contributed by atoms with Gasteiger partial charge >= 0.3 is 0 Å². The number of amides is 1. The fourth-order valence-electron chi connectivity index (χ4n) is 1.81. The zero-order valence-corrected chi connectivity index (χ0v) is 14.0. The highest BCUT2D eigenvalue weighted by atomic mass is 35.5. The van der Waals surface area contributed by atoms with Crippen LogP contribution in [0.4, 0.5) is 0 Å². The van der Waals surface area contributed by atoms with Crippen molar-refractivity contribution in [2.75, 3.05) is 6.54 Å². The average Bonchev–Trinajstić information content (AvgIpc) is 2.35. The Kier molecular flexibility index (Phi) is 7.61. The van der Waals surface area contributed by atoms with E-state index >= 15 is 0 Å². The van der Waals surface area contributed by atoms with Gasteiger partial charge < -0.3 is 11.1 Å². The molecule has 4 nitrogen and oxygen atoms in total. The Hall–Kier alpha value is -1.39. The summed E-state index contributed by atoms with van der Waals surface area (Å²) in [6, 6.07) is 5.78. The van der Waals surface area contributed by atoms with Gasteiger partial charge in [0.2, 0.25) is 5.91 Å². The Morgan fingerprint density at radius 3 is 2.38 bits per heavy atom. The standard InChI is InChI=1S/C16H24N2O2.ClH/c1-11-5-6-12(2)13(9-11)14(19)7-8-15(20)18-10-16(3,4)17;/h5-6,9H,7-8,10,17H2,1-4H3,(H,18,20);1H. The van der Waals surface area contributed by atoms with E-state index in [4.69, 9.17) is 5.73 Å². The van der Waals surface area contributed by atoms with E-state index in [0.29, 0.717) is 12.1 Å². The third kappa shape index (κ3) is 7.25. The third-order valence-electron chi connectivity index (χ3n) is 3.01. The van der Waals surface area contributed by atoms with Crippen LogP contribution in [0.5, 0.6) is 0 Å². The molecule has 0 aliphatic carbocycles. The number of benzene rings is 1. The van der Waals surface area contributed by atoms with Gasteiger partial charge in [0.05, 0.1) is 0 Å². The van der Waals surface area contributed by atoms with Gasteiger partial charge in [0.25, 0.3) is 0 Å². The van der Waals surface area contributed by atoms with E-state index in [9.17, 15) is 9.59 Å². The third-order valence-corrected chi connectivity index (χ3v) is 3.01. The predicted molar refractivity (Wildman–Crippen MR) is 88.0 cm³/mol. The first-order valence-corrected chi connectivity index (χ1v) is 6.85. The topological polar surface area (TPSA) is 72.2 Å². The van der Waals surface area contributed by atoms with Gasteiger partial charge in [-0.2, -0.15) is 0 Å². The maximum absolute atomic E-state index is 12.1. The summed E-state index contributed by atoms with van der Waals surface area (Å²) in [5.41, 5.74) is 8.05. The predicted octanol–water partition coefficient (Wildman–Crippen LogP) is 2.54. The number of rotatable bonds is 6. The summed E-state index contributed by atoms with van der Waals surface area (Å²) in [5, 5.41) is 2.74. The molecule has 3 N–H and O–H groups in total. The van der Waals surface area contributed by atoms with Crippen LogP contribution in [0.3, 0.4) is 0 Å². The van der Waals surface area contributed by atoms with Crippen molar-refractivity contribution in [1.82, 2.24) is 5.32 Å². The molecular weight excluding hydrogens is 288 g/mol. The second-order valence-electron chi connectivity index (χ2n) is 6.01. The zero-order valence-electron chi connectivity index (χ0n) is 13.2. The largest absolute Gasteiger partial charge is 0.354 e. The van der Waals surface area contributed by atoms with E-state index in [2.05, 4.69) is 5.32 Å². The summed E-state index contributed by atoms with van der Waals surface area (Å²) in [4.78, 5) is 23.8. The molecule has 0 aromatic heterocycles. The number of carbonyl (C=O) groups excluding carboxylic acids is 2. The van der Waals surface area contributed by atoms with Crippen LogP contribution in [0.1, 0.15) is 48.2 Å². The van der Waals surface area contributed by atoms with Crippen LogP contribution < -0.4 is 11.1 Å². The van der Waals surface area contributed by atoms with Crippen LogP contribution in [-0.2, 0) is 4.79 Å². The Morgan fingerprint density at radius 1 is 1.19 bits per heavy atom. The number of aryl methyl sites for hydroxylation is 2. The number of ketones is 1. The fraction of sp³-hybridized carbons (Fsp3) is 0.500. The van der Waals surface area contributed by atoms with Crippen LogP contribution in [0.25, 0.3) is 0 Å². The SMILES string of the molecule is Cc1ccc(C)c(C(=O)CCC(=O)NCC(C)(C)N)c1.Cl. The molecule has 1 aromatic carbocycles. The van der Waals surface area contributed by atoms with E-state index in [1.807, 2.05) is 45.9 Å². The molecule has 5 heteroatoms. The molecule has 21 heavy (non-hydrogen) atoms. The van der Waals surface area contributed by atoms with Gasteiger partial charge in [-0.1, -0.05) is 17.7 Å². The van der Waals surface area contributed by atoms with Gasteiger partial charge in [0.15, 0.2) is 5.78 Å². The first-order chi connectivity index (χ1) is 9.19. The van der Waals surface area contributed by atoms with Crippen molar-refractivity contribution in [3.05, 3.63) is 34.9 Å². The van der Waals surface area contributed by atoms with Gasteiger partial charge in [-0.25, -0.2) is 0 Å². The number of hydrogen-bond donors (Lipinski definition) is 2. The summed E-state index contributed by atoms with van der Waals surface area (Å²) in [5.74, 6) is -0.129. The van der Waals surface area contributed by atoms with Crippen molar-refractivity contribution >= 4 is 24.1 Å². The van der Waals surface area contributed by atoms with Crippen molar-refractivity contribution in [3.8, 4) is 0 Å². The summed E-state index contributed by atoms with van der Waals surface area (Å²) in [6.45, 7) is 7.95. The van der Waals surface area contributed by atoms with Crippen LogP contribution in [0.2, 0.25) is 0 Å². The van der Waals surface area contributed by atoms with Crippen molar-refractivity contribution in [2.24, 2.45) is 5.73 Å². The number of Topliss-reactive ketones (excluding diaryl/α,β-unsaturated/α-hetero) is 1. The molecule has 1 rings (SSSR count). The number of halogens is 1. The molecule has 0 bridgehead atoms. The Morgan fingerprint density at radius 2 is 1.81 bits per heavy atom. The summed E-state index contributed by atoms with van der Waals surface area (Å²) in [6.07, 6.45) is 0.420. The van der Waals surface area contributed by atoms with E-state index in [1.165, 1.54) is 0 Å². The number of nitrogens with one attached hydrogen (secondary N) is 1. The molecule has 0 heterocycles. The van der Waals surface area contributed by atoms with E-state index in [0.717, 1.165) is 11.1 Å². The summed E-state index contributed by atoms with van der Waals surface area (Å²) in [7, 11) is 0. The molecule has 118 valence electrons. The first-order valence-electron chi connectivity index (χ1n) is 6.85. The maximum Gasteiger partial charge on any atom is 0.220 e. The van der Waals surface area contributed by atoms with Gasteiger partial charge in [-0.3, -0.25) is 9.59 Å². The fourth-order valence-corrected chi connectivity index (χ4v) is 1.81. The minimum atomic E-state index is -0.438. The van der Waals surface area contributed by atoms with E-state index < -0.39 is 5.54 Å². The molecule has 0 radical (unpaired) electrons. The molecule has 0 fully saturated rings. The summed E-state index contributed by atoms with van der Waals surface area (Å²) < 4.78 is 0. The quantitative estimate of drug-likeness (QED) is 0.793. The highest BCUT2D eigenvalue weighted by molar-refractivity contribution is 5.99. The van der Waals surface area contributed by atoms with Gasteiger partial charge in [0.1, 0.15) is 0 Å². The lowest BCUT2D eigenvalue weighted by molar-refractivity contribution is -0.121. The lowest BCUT2D eigenvalue weighted by atomic mass is 9.99. The van der Waals surface area contributed by atoms with E-state index in [-0.39, 0.29) is 36.9 Å². The zero-order chi connectivity index (χ0) is 15.3. The molecule has 0 aliphatic rings. The lowest BCUT2D eigenvalue weighted by Crippen LogP contribution is -2.45. The molecule has 0 saturated carbocycles. The monoisotopic (exact) mass is 312 g/mol. The Labute approximate surface area is 132 Å². The normalized spacial score (nSPS) is 10.7. The number of hydrogen-bond acceptors (Lipinski definition) is 3. The maximum atomic E-state index is 12.1. The van der Waals surface area contributed by atoms with Crippen LogP contribution >= 0.6 is 12.4 Å². The summed E-state index contributed by atoms with van der Waals surface area (Å²) >= 11 is 0. The highest BCUT2D eigenvalue weighted by Gasteiger charge is 2.14. The molecule has 0 spiro atoms. The van der Waals surface area contributed by atoms with Crippen LogP contribution in [-0.4, -0.2) is 23.8 Å². The second-order valence-corrected chi connectivity index (χ2v) is 6.01. The smallest absolute Gasteiger partial charge is 0.220 e. The van der Waals surface area contributed by atoms with Crippen molar-refractivity contribution in [1.29, 1.82) is 0 Å². The molecular formula is C16H25ClN2O2. The van der Waals surface area contributed by atoms with Crippen molar-refractivity contribution in [2.45, 2.75) is 46.1 Å².